The van der Waals surface area contributed by atoms with Gasteiger partial charge in [0.25, 0.3) is 5.91 Å². The first-order chi connectivity index (χ1) is 9.31. The van der Waals surface area contributed by atoms with Gasteiger partial charge in [-0.1, -0.05) is 37.3 Å². The third-order valence-electron chi connectivity index (χ3n) is 2.66. The number of amides is 1. The molecule has 0 atom stereocenters. The molecule has 0 fully saturated rings. The second-order valence-electron chi connectivity index (χ2n) is 3.96. The van der Waals surface area contributed by atoms with E-state index in [9.17, 15) is 4.79 Å². The molecule has 0 aliphatic rings. The number of hydrogen-bond acceptors (Lipinski definition) is 3. The van der Waals surface area contributed by atoms with Crippen LogP contribution in [0.4, 0.5) is 0 Å². The van der Waals surface area contributed by atoms with Gasteiger partial charge in [0, 0.05) is 12.4 Å². The second kappa shape index (κ2) is 6.44. The van der Waals surface area contributed by atoms with E-state index in [0.29, 0.717) is 5.56 Å². The van der Waals surface area contributed by atoms with Crippen molar-refractivity contribution in [1.29, 1.82) is 0 Å². The van der Waals surface area contributed by atoms with Crippen LogP contribution in [-0.2, 0) is 0 Å². The van der Waals surface area contributed by atoms with Crippen LogP contribution in [0.3, 0.4) is 0 Å². The highest BCUT2D eigenvalue weighted by Crippen LogP contribution is 2.04. The van der Waals surface area contributed by atoms with Gasteiger partial charge in [-0.15, -0.1) is 0 Å². The summed E-state index contributed by atoms with van der Waals surface area (Å²) in [6, 6.07) is 13.2. The van der Waals surface area contributed by atoms with Crippen molar-refractivity contribution < 1.29 is 4.79 Å². The number of pyridine rings is 1. The van der Waals surface area contributed by atoms with Gasteiger partial charge in [-0.25, -0.2) is 5.43 Å². The number of nitrogens with zero attached hydrogens (tertiary/aromatic N) is 2. The molecule has 1 N–H and O–H groups in total. The SMILES string of the molecule is CC/C(=N/NC(=O)c1cccnc1)c1ccccc1. The molecule has 0 spiro atoms. The predicted molar refractivity (Wildman–Crippen MR) is 75.0 cm³/mol. The quantitative estimate of drug-likeness (QED) is 0.672. The highest BCUT2D eigenvalue weighted by Gasteiger charge is 2.05. The third kappa shape index (κ3) is 3.48. The van der Waals surface area contributed by atoms with Gasteiger partial charge >= 0.3 is 0 Å². The van der Waals surface area contributed by atoms with Crippen LogP contribution in [0, 0.1) is 0 Å². The number of carbonyl (C=O) groups excluding carboxylic acids is 1. The van der Waals surface area contributed by atoms with Crippen LogP contribution >= 0.6 is 0 Å². The first kappa shape index (κ1) is 13.0. The first-order valence-corrected chi connectivity index (χ1v) is 6.13. The smallest absolute Gasteiger partial charge is 0.267 e. The highest BCUT2D eigenvalue weighted by atomic mass is 16.2. The Balaban J connectivity index is 2.11. The molecule has 0 radical (unpaired) electrons. The molecule has 96 valence electrons. The molecule has 0 saturated carbocycles. The van der Waals surface area contributed by atoms with E-state index < -0.39 is 0 Å². The fraction of sp³-hybridized carbons (Fsp3) is 0.133. The lowest BCUT2D eigenvalue weighted by atomic mass is 10.1. The van der Waals surface area contributed by atoms with Crippen LogP contribution in [0.5, 0.6) is 0 Å². The van der Waals surface area contributed by atoms with Crippen molar-refractivity contribution in [2.45, 2.75) is 13.3 Å². The zero-order chi connectivity index (χ0) is 13.5. The lowest BCUT2D eigenvalue weighted by molar-refractivity contribution is 0.0954. The average molecular weight is 253 g/mol. The number of carbonyl (C=O) groups is 1. The Kier molecular flexibility index (Phi) is 4.39. The molecule has 1 aromatic heterocycles. The number of nitrogens with one attached hydrogen (secondary N) is 1. The summed E-state index contributed by atoms with van der Waals surface area (Å²) in [6.45, 7) is 2.00. The van der Waals surface area contributed by atoms with E-state index in [1.165, 1.54) is 6.20 Å². The molecule has 4 nitrogen and oxygen atoms in total. The summed E-state index contributed by atoms with van der Waals surface area (Å²) in [5, 5.41) is 4.18. The summed E-state index contributed by atoms with van der Waals surface area (Å²) in [5.74, 6) is -0.255. The van der Waals surface area contributed by atoms with Crippen molar-refractivity contribution >= 4 is 11.6 Å². The zero-order valence-electron chi connectivity index (χ0n) is 10.7. The number of hydrogen-bond donors (Lipinski definition) is 1. The Labute approximate surface area is 112 Å². The van der Waals surface area contributed by atoms with Gasteiger partial charge in [-0.05, 0) is 24.1 Å². The molecule has 0 bridgehead atoms. The Morgan fingerprint density at radius 1 is 1.16 bits per heavy atom. The Morgan fingerprint density at radius 2 is 1.89 bits per heavy atom. The molecular formula is C15H15N3O. The van der Waals surface area contributed by atoms with Crippen LogP contribution in [0.25, 0.3) is 0 Å². The van der Waals surface area contributed by atoms with E-state index >= 15 is 0 Å². The fourth-order valence-electron chi connectivity index (χ4n) is 1.66. The molecule has 0 aliphatic heterocycles. The normalized spacial score (nSPS) is 11.1. The maximum absolute atomic E-state index is 11.8. The van der Waals surface area contributed by atoms with Gasteiger partial charge in [0.15, 0.2) is 0 Å². The number of aromatic nitrogens is 1. The Morgan fingerprint density at radius 3 is 2.53 bits per heavy atom. The number of benzene rings is 1. The van der Waals surface area contributed by atoms with E-state index in [2.05, 4.69) is 15.5 Å². The molecule has 1 amide bonds. The van der Waals surface area contributed by atoms with Crippen molar-refractivity contribution in [3.8, 4) is 0 Å². The van der Waals surface area contributed by atoms with Crippen LogP contribution in [0.2, 0.25) is 0 Å². The molecule has 0 saturated heterocycles. The highest BCUT2D eigenvalue weighted by molar-refractivity contribution is 6.02. The van der Waals surface area contributed by atoms with Gasteiger partial charge in [-0.2, -0.15) is 5.10 Å². The molecule has 0 aliphatic carbocycles. The molecule has 2 rings (SSSR count). The molecule has 4 heteroatoms. The fourth-order valence-corrected chi connectivity index (χ4v) is 1.66. The standard InChI is InChI=1S/C15H15N3O/c1-2-14(12-7-4-3-5-8-12)17-18-15(19)13-9-6-10-16-11-13/h3-11H,2H2,1H3,(H,18,19)/b17-14-. The zero-order valence-corrected chi connectivity index (χ0v) is 10.7. The van der Waals surface area contributed by atoms with E-state index in [-0.39, 0.29) is 5.91 Å². The minimum atomic E-state index is -0.255. The van der Waals surface area contributed by atoms with Gasteiger partial charge in [-0.3, -0.25) is 9.78 Å². The summed E-state index contributed by atoms with van der Waals surface area (Å²) < 4.78 is 0. The van der Waals surface area contributed by atoms with Crippen LogP contribution in [-0.4, -0.2) is 16.6 Å². The summed E-state index contributed by atoms with van der Waals surface area (Å²) >= 11 is 0. The third-order valence-corrected chi connectivity index (χ3v) is 2.66. The monoisotopic (exact) mass is 253 g/mol. The van der Waals surface area contributed by atoms with E-state index in [0.717, 1.165) is 17.7 Å². The van der Waals surface area contributed by atoms with Crippen LogP contribution < -0.4 is 5.43 Å². The lowest BCUT2D eigenvalue weighted by Gasteiger charge is -2.04. The maximum atomic E-state index is 11.8. The van der Waals surface area contributed by atoms with Crippen molar-refractivity contribution in [3.63, 3.8) is 0 Å². The van der Waals surface area contributed by atoms with Crippen LogP contribution in [0.1, 0.15) is 29.3 Å². The van der Waals surface area contributed by atoms with Gasteiger partial charge in [0.05, 0.1) is 11.3 Å². The molecule has 1 heterocycles. The van der Waals surface area contributed by atoms with Gasteiger partial charge in [0.2, 0.25) is 0 Å². The minimum absolute atomic E-state index is 0.255. The van der Waals surface area contributed by atoms with Crippen LogP contribution in [0.15, 0.2) is 60.0 Å². The number of hydrazone groups is 1. The average Bonchev–Trinajstić information content (AvgIpc) is 2.49. The largest absolute Gasteiger partial charge is 0.272 e. The maximum Gasteiger partial charge on any atom is 0.272 e. The molecule has 1 aromatic carbocycles. The van der Waals surface area contributed by atoms with Crippen molar-refractivity contribution in [1.82, 2.24) is 10.4 Å². The molecular weight excluding hydrogens is 238 g/mol. The summed E-state index contributed by atoms with van der Waals surface area (Å²) in [6.07, 6.45) is 3.89. The first-order valence-electron chi connectivity index (χ1n) is 6.13. The van der Waals surface area contributed by atoms with E-state index in [1.807, 2.05) is 37.3 Å². The van der Waals surface area contributed by atoms with E-state index in [4.69, 9.17) is 0 Å². The van der Waals surface area contributed by atoms with Gasteiger partial charge < -0.3 is 0 Å². The predicted octanol–water partition coefficient (Wildman–Crippen LogP) is 2.63. The molecule has 0 unspecified atom stereocenters. The van der Waals surface area contributed by atoms with E-state index in [1.54, 1.807) is 18.3 Å². The second-order valence-corrected chi connectivity index (χ2v) is 3.96. The lowest BCUT2D eigenvalue weighted by Crippen LogP contribution is -2.20. The Bertz CT molecular complexity index is 564. The topological polar surface area (TPSA) is 54.4 Å². The summed E-state index contributed by atoms with van der Waals surface area (Å²) in [5.41, 5.74) is 4.91. The summed E-state index contributed by atoms with van der Waals surface area (Å²) in [7, 11) is 0. The minimum Gasteiger partial charge on any atom is -0.267 e. The molecule has 19 heavy (non-hydrogen) atoms. The molecule has 2 aromatic rings. The van der Waals surface area contributed by atoms with Gasteiger partial charge in [0.1, 0.15) is 0 Å². The Hall–Kier alpha value is -2.49. The van der Waals surface area contributed by atoms with Crippen molar-refractivity contribution in [2.24, 2.45) is 5.10 Å². The number of rotatable bonds is 4. The summed E-state index contributed by atoms with van der Waals surface area (Å²) in [4.78, 5) is 15.7. The van der Waals surface area contributed by atoms with Crippen molar-refractivity contribution in [3.05, 3.63) is 66.0 Å². The van der Waals surface area contributed by atoms with Crippen molar-refractivity contribution in [2.75, 3.05) is 0 Å².